The zero-order valence-electron chi connectivity index (χ0n) is 14.6. The molecule has 0 saturated carbocycles. The highest BCUT2D eigenvalue weighted by Gasteiger charge is 2.20. The van der Waals surface area contributed by atoms with Crippen molar-refractivity contribution in [1.82, 2.24) is 19.8 Å². The molecule has 0 N–H and O–H groups in total. The lowest BCUT2D eigenvalue weighted by atomic mass is 10.2. The Morgan fingerprint density at radius 3 is 2.88 bits per heavy atom. The van der Waals surface area contributed by atoms with E-state index >= 15 is 0 Å². The second-order valence-corrected chi connectivity index (χ2v) is 5.74. The van der Waals surface area contributed by atoms with Crippen LogP contribution >= 0.6 is 0 Å². The SMILES string of the molecule is CCN(Cc1cnn(C)c1)C(=O)c1cc(COc2ccccc2F)on1. The maximum atomic E-state index is 13.5. The highest BCUT2D eigenvalue weighted by atomic mass is 19.1. The van der Waals surface area contributed by atoms with Gasteiger partial charge in [0.15, 0.2) is 23.0 Å². The first kappa shape index (κ1) is 17.7. The van der Waals surface area contributed by atoms with Crippen molar-refractivity contribution in [2.24, 2.45) is 7.05 Å². The van der Waals surface area contributed by atoms with Crippen LogP contribution in [0.25, 0.3) is 0 Å². The number of aryl methyl sites for hydroxylation is 1. The van der Waals surface area contributed by atoms with Gasteiger partial charge >= 0.3 is 0 Å². The molecule has 7 nitrogen and oxygen atoms in total. The van der Waals surface area contributed by atoms with Crippen LogP contribution in [-0.4, -0.2) is 32.3 Å². The minimum atomic E-state index is -0.461. The van der Waals surface area contributed by atoms with Crippen LogP contribution in [0.1, 0.15) is 28.7 Å². The van der Waals surface area contributed by atoms with E-state index in [0.29, 0.717) is 18.8 Å². The molecular formula is C18H19FN4O3. The Labute approximate surface area is 150 Å². The number of ether oxygens (including phenoxy) is 1. The summed E-state index contributed by atoms with van der Waals surface area (Å²) < 4.78 is 25.7. The van der Waals surface area contributed by atoms with Gasteiger partial charge in [-0.25, -0.2) is 4.39 Å². The van der Waals surface area contributed by atoms with Crippen molar-refractivity contribution in [2.75, 3.05) is 6.54 Å². The number of aromatic nitrogens is 3. The largest absolute Gasteiger partial charge is 0.482 e. The summed E-state index contributed by atoms with van der Waals surface area (Å²) in [6, 6.07) is 7.59. The van der Waals surface area contributed by atoms with Crippen molar-refractivity contribution in [3.63, 3.8) is 0 Å². The van der Waals surface area contributed by atoms with E-state index in [1.807, 2.05) is 20.2 Å². The van der Waals surface area contributed by atoms with Crippen LogP contribution in [0.4, 0.5) is 4.39 Å². The minimum absolute atomic E-state index is 0.0179. The van der Waals surface area contributed by atoms with E-state index in [1.165, 1.54) is 18.2 Å². The monoisotopic (exact) mass is 358 g/mol. The normalized spacial score (nSPS) is 10.7. The van der Waals surface area contributed by atoms with Crippen molar-refractivity contribution in [3.05, 3.63) is 65.6 Å². The Morgan fingerprint density at radius 1 is 1.38 bits per heavy atom. The van der Waals surface area contributed by atoms with Crippen molar-refractivity contribution < 1.29 is 18.4 Å². The molecule has 0 aliphatic rings. The summed E-state index contributed by atoms with van der Waals surface area (Å²) in [5.41, 5.74) is 1.11. The van der Waals surface area contributed by atoms with E-state index in [-0.39, 0.29) is 24.0 Å². The second-order valence-electron chi connectivity index (χ2n) is 5.74. The Morgan fingerprint density at radius 2 is 2.19 bits per heavy atom. The summed E-state index contributed by atoms with van der Waals surface area (Å²) in [4.78, 5) is 14.2. The fraction of sp³-hybridized carbons (Fsp3) is 0.278. The van der Waals surface area contributed by atoms with Crippen molar-refractivity contribution in [1.29, 1.82) is 0 Å². The lowest BCUT2D eigenvalue weighted by Crippen LogP contribution is -2.30. The third-order valence-electron chi connectivity index (χ3n) is 3.79. The molecule has 136 valence electrons. The Hall–Kier alpha value is -3.16. The van der Waals surface area contributed by atoms with Gasteiger partial charge in [-0.05, 0) is 19.1 Å². The summed E-state index contributed by atoms with van der Waals surface area (Å²) in [6.45, 7) is 2.81. The number of para-hydroxylation sites is 1. The van der Waals surface area contributed by atoms with E-state index in [9.17, 15) is 9.18 Å². The molecule has 0 spiro atoms. The van der Waals surface area contributed by atoms with Crippen LogP contribution in [0.2, 0.25) is 0 Å². The fourth-order valence-electron chi connectivity index (χ4n) is 2.46. The molecule has 0 aliphatic carbocycles. The molecule has 8 heteroatoms. The number of carbonyl (C=O) groups is 1. The predicted molar refractivity (Wildman–Crippen MR) is 90.9 cm³/mol. The van der Waals surface area contributed by atoms with Gasteiger partial charge in [-0.1, -0.05) is 17.3 Å². The maximum absolute atomic E-state index is 13.5. The lowest BCUT2D eigenvalue weighted by molar-refractivity contribution is 0.0741. The second kappa shape index (κ2) is 7.81. The number of halogens is 1. The van der Waals surface area contributed by atoms with Gasteiger partial charge in [-0.3, -0.25) is 9.48 Å². The van der Waals surface area contributed by atoms with E-state index in [0.717, 1.165) is 5.56 Å². The first-order valence-electron chi connectivity index (χ1n) is 8.16. The molecule has 3 aromatic rings. The number of nitrogens with zero attached hydrogens (tertiary/aromatic N) is 4. The summed E-state index contributed by atoms with van der Waals surface area (Å²) >= 11 is 0. The summed E-state index contributed by atoms with van der Waals surface area (Å²) in [6.07, 6.45) is 3.57. The number of hydrogen-bond acceptors (Lipinski definition) is 5. The highest BCUT2D eigenvalue weighted by Crippen LogP contribution is 2.18. The van der Waals surface area contributed by atoms with Gasteiger partial charge in [-0.15, -0.1) is 0 Å². The molecule has 3 rings (SSSR count). The van der Waals surface area contributed by atoms with Gasteiger partial charge in [0.2, 0.25) is 0 Å². The molecule has 0 fully saturated rings. The summed E-state index contributed by atoms with van der Waals surface area (Å²) in [5, 5.41) is 7.90. The molecule has 1 aromatic carbocycles. The number of carbonyl (C=O) groups excluding carboxylic acids is 1. The van der Waals surface area contributed by atoms with Gasteiger partial charge < -0.3 is 14.2 Å². The molecule has 0 atom stereocenters. The topological polar surface area (TPSA) is 73.4 Å². The van der Waals surface area contributed by atoms with Crippen molar-refractivity contribution >= 4 is 5.91 Å². The quantitative estimate of drug-likeness (QED) is 0.649. The maximum Gasteiger partial charge on any atom is 0.276 e. The highest BCUT2D eigenvalue weighted by molar-refractivity contribution is 5.92. The first-order valence-corrected chi connectivity index (χ1v) is 8.16. The van der Waals surface area contributed by atoms with Crippen molar-refractivity contribution in [3.8, 4) is 5.75 Å². The lowest BCUT2D eigenvalue weighted by Gasteiger charge is -2.18. The molecule has 0 radical (unpaired) electrons. The molecule has 1 amide bonds. The number of benzene rings is 1. The smallest absolute Gasteiger partial charge is 0.276 e. The molecule has 0 bridgehead atoms. The van der Waals surface area contributed by atoms with Gasteiger partial charge in [0.25, 0.3) is 5.91 Å². The molecule has 0 aliphatic heterocycles. The Bertz CT molecular complexity index is 890. The van der Waals surface area contributed by atoms with Crippen LogP contribution in [-0.2, 0) is 20.2 Å². The van der Waals surface area contributed by atoms with Crippen molar-refractivity contribution in [2.45, 2.75) is 20.1 Å². The number of amides is 1. The van der Waals surface area contributed by atoms with Crippen LogP contribution in [0.5, 0.6) is 5.75 Å². The minimum Gasteiger partial charge on any atom is -0.482 e. The van der Waals surface area contributed by atoms with Gasteiger partial charge in [0.05, 0.1) is 6.20 Å². The van der Waals surface area contributed by atoms with Crippen LogP contribution in [0.3, 0.4) is 0 Å². The van der Waals surface area contributed by atoms with E-state index in [2.05, 4.69) is 10.3 Å². The fourth-order valence-corrected chi connectivity index (χ4v) is 2.46. The third kappa shape index (κ3) is 4.08. The molecule has 0 saturated heterocycles. The van der Waals surface area contributed by atoms with Crippen LogP contribution < -0.4 is 4.74 Å². The molecule has 26 heavy (non-hydrogen) atoms. The first-order chi connectivity index (χ1) is 12.6. The van der Waals surface area contributed by atoms with Gasteiger partial charge in [0.1, 0.15) is 6.61 Å². The molecule has 2 heterocycles. The van der Waals surface area contributed by atoms with Crippen LogP contribution in [0, 0.1) is 5.82 Å². The van der Waals surface area contributed by atoms with Gasteiger partial charge in [-0.2, -0.15) is 5.10 Å². The third-order valence-corrected chi connectivity index (χ3v) is 3.79. The van der Waals surface area contributed by atoms with E-state index < -0.39 is 5.82 Å². The number of rotatable bonds is 7. The number of hydrogen-bond donors (Lipinski definition) is 0. The molecule has 0 unspecified atom stereocenters. The standard InChI is InChI=1S/C18H19FN4O3/c1-3-23(11-13-9-20-22(2)10-13)18(24)16-8-14(26-21-16)12-25-17-7-5-4-6-15(17)19/h4-10H,3,11-12H2,1-2H3. The average Bonchev–Trinajstić information content (AvgIpc) is 3.27. The summed E-state index contributed by atoms with van der Waals surface area (Å²) in [7, 11) is 1.82. The van der Waals surface area contributed by atoms with E-state index in [1.54, 1.807) is 27.9 Å². The molecule has 2 aromatic heterocycles. The average molecular weight is 358 g/mol. The molecular weight excluding hydrogens is 339 g/mol. The van der Waals surface area contributed by atoms with E-state index in [4.69, 9.17) is 9.26 Å². The predicted octanol–water partition coefficient (Wildman–Crippen LogP) is 2.79. The summed E-state index contributed by atoms with van der Waals surface area (Å²) in [5.74, 6) is -0.258. The zero-order valence-corrected chi connectivity index (χ0v) is 14.6. The van der Waals surface area contributed by atoms with Crippen LogP contribution in [0.15, 0.2) is 47.2 Å². The van der Waals surface area contributed by atoms with Gasteiger partial charge in [0, 0.05) is 38.0 Å². The zero-order chi connectivity index (χ0) is 18.5. The Balaban J connectivity index is 1.64. The Kier molecular flexibility index (Phi) is 5.31.